The van der Waals surface area contributed by atoms with Crippen LogP contribution in [-0.4, -0.2) is 41.9 Å². The quantitative estimate of drug-likeness (QED) is 0.727. The molecule has 0 aliphatic carbocycles. The van der Waals surface area contributed by atoms with E-state index in [0.717, 1.165) is 6.07 Å². The number of carbonyl (C=O) groups is 2. The maximum atomic E-state index is 13.3. The van der Waals surface area contributed by atoms with Crippen molar-refractivity contribution in [1.82, 2.24) is 10.2 Å². The van der Waals surface area contributed by atoms with E-state index in [1.807, 2.05) is 13.8 Å². The lowest BCUT2D eigenvalue weighted by molar-refractivity contribution is -0.138. The Morgan fingerprint density at radius 1 is 1.13 bits per heavy atom. The van der Waals surface area contributed by atoms with Crippen molar-refractivity contribution in [2.24, 2.45) is 0 Å². The molecule has 0 saturated carbocycles. The highest BCUT2D eigenvalue weighted by molar-refractivity contribution is 5.96. The molecule has 166 valence electrons. The summed E-state index contributed by atoms with van der Waals surface area (Å²) < 4.78 is 45.7. The molecule has 0 unspecified atom stereocenters. The number of halogens is 3. The third-order valence-corrected chi connectivity index (χ3v) is 5.08. The van der Waals surface area contributed by atoms with Gasteiger partial charge in [0.15, 0.2) is 0 Å². The number of carbonyl (C=O) groups excluding carboxylic acids is 2. The molecule has 3 rings (SSSR count). The van der Waals surface area contributed by atoms with Gasteiger partial charge in [-0.15, -0.1) is 0 Å². The van der Waals surface area contributed by atoms with Gasteiger partial charge in [-0.05, 0) is 63.1 Å². The van der Waals surface area contributed by atoms with Gasteiger partial charge in [0.05, 0.1) is 17.2 Å². The topological polar surface area (TPSA) is 58.6 Å². The zero-order valence-corrected chi connectivity index (χ0v) is 17.4. The van der Waals surface area contributed by atoms with Gasteiger partial charge in [-0.3, -0.25) is 9.59 Å². The fourth-order valence-corrected chi connectivity index (χ4v) is 3.59. The number of amides is 2. The van der Waals surface area contributed by atoms with Gasteiger partial charge >= 0.3 is 6.18 Å². The van der Waals surface area contributed by atoms with Crippen molar-refractivity contribution < 1.29 is 27.5 Å². The van der Waals surface area contributed by atoms with Crippen LogP contribution in [0.15, 0.2) is 48.5 Å². The molecule has 1 aliphatic rings. The standard InChI is InChI=1S/C23H25F3N2O3/c1-15(2)27-21(29)16-9-11-18(12-10-16)31-14-17-6-5-13-28(17)22(30)19-7-3-4-8-20(19)23(24,25)26/h3-4,7-12,15,17H,5-6,13-14H2,1-2H3,(H,27,29)/t17-/m0/s1. The molecule has 0 aromatic heterocycles. The zero-order valence-electron chi connectivity index (χ0n) is 17.4. The third kappa shape index (κ3) is 5.57. The molecule has 8 heteroatoms. The van der Waals surface area contributed by atoms with E-state index < -0.39 is 17.6 Å². The summed E-state index contributed by atoms with van der Waals surface area (Å²) in [5.74, 6) is -0.298. The van der Waals surface area contributed by atoms with Gasteiger partial charge in [0, 0.05) is 18.2 Å². The molecule has 1 heterocycles. The van der Waals surface area contributed by atoms with E-state index in [-0.39, 0.29) is 30.2 Å². The first kappa shape index (κ1) is 22.7. The Hall–Kier alpha value is -3.03. The number of hydrogen-bond acceptors (Lipinski definition) is 3. The van der Waals surface area contributed by atoms with Crippen molar-refractivity contribution >= 4 is 11.8 Å². The van der Waals surface area contributed by atoms with E-state index >= 15 is 0 Å². The molecule has 2 aromatic rings. The second-order valence-corrected chi connectivity index (χ2v) is 7.80. The molecule has 2 amide bonds. The van der Waals surface area contributed by atoms with Crippen LogP contribution in [0, 0.1) is 0 Å². The van der Waals surface area contributed by atoms with Crippen molar-refractivity contribution in [2.45, 2.75) is 44.9 Å². The number of hydrogen-bond donors (Lipinski definition) is 1. The van der Waals surface area contributed by atoms with Crippen molar-refractivity contribution in [2.75, 3.05) is 13.2 Å². The van der Waals surface area contributed by atoms with Crippen LogP contribution >= 0.6 is 0 Å². The maximum absolute atomic E-state index is 13.3. The smallest absolute Gasteiger partial charge is 0.417 e. The van der Waals surface area contributed by atoms with Gasteiger partial charge < -0.3 is 15.0 Å². The molecular formula is C23H25F3N2O3. The summed E-state index contributed by atoms with van der Waals surface area (Å²) in [6.07, 6.45) is -3.25. The van der Waals surface area contributed by atoms with E-state index in [1.54, 1.807) is 24.3 Å². The number of likely N-dealkylation sites (tertiary alicyclic amines) is 1. The summed E-state index contributed by atoms with van der Waals surface area (Å²) in [5.41, 5.74) is -0.772. The highest BCUT2D eigenvalue weighted by Gasteiger charge is 2.38. The van der Waals surface area contributed by atoms with Crippen LogP contribution in [0.2, 0.25) is 0 Å². The first-order valence-electron chi connectivity index (χ1n) is 10.2. The fourth-order valence-electron chi connectivity index (χ4n) is 3.59. The Balaban J connectivity index is 1.66. The molecule has 5 nitrogen and oxygen atoms in total. The van der Waals surface area contributed by atoms with E-state index in [2.05, 4.69) is 5.32 Å². The fraction of sp³-hybridized carbons (Fsp3) is 0.391. The maximum Gasteiger partial charge on any atom is 0.417 e. The molecule has 0 spiro atoms. The largest absolute Gasteiger partial charge is 0.491 e. The highest BCUT2D eigenvalue weighted by Crippen LogP contribution is 2.33. The van der Waals surface area contributed by atoms with Crippen LogP contribution in [0.1, 0.15) is 53.0 Å². The second kappa shape index (κ2) is 9.41. The van der Waals surface area contributed by atoms with E-state index in [1.165, 1.54) is 23.1 Å². The normalized spacial score (nSPS) is 16.5. The Labute approximate surface area is 179 Å². The van der Waals surface area contributed by atoms with Gasteiger partial charge in [-0.1, -0.05) is 12.1 Å². The first-order chi connectivity index (χ1) is 14.7. The molecule has 0 bridgehead atoms. The lowest BCUT2D eigenvalue weighted by Gasteiger charge is -2.26. The van der Waals surface area contributed by atoms with Crippen molar-refractivity contribution in [3.8, 4) is 5.75 Å². The predicted octanol–water partition coefficient (Wildman–Crippen LogP) is 4.53. The minimum atomic E-state index is -4.60. The van der Waals surface area contributed by atoms with Gasteiger partial charge in [-0.25, -0.2) is 0 Å². The first-order valence-corrected chi connectivity index (χ1v) is 10.2. The van der Waals surface area contributed by atoms with Crippen molar-refractivity contribution in [1.29, 1.82) is 0 Å². The van der Waals surface area contributed by atoms with E-state index in [4.69, 9.17) is 4.74 Å². The molecule has 0 radical (unpaired) electrons. The number of benzene rings is 2. The summed E-state index contributed by atoms with van der Waals surface area (Å²) >= 11 is 0. The van der Waals surface area contributed by atoms with E-state index in [0.29, 0.717) is 30.7 Å². The molecule has 1 saturated heterocycles. The van der Waals surface area contributed by atoms with Gasteiger partial charge in [0.1, 0.15) is 12.4 Å². The third-order valence-electron chi connectivity index (χ3n) is 5.08. The Bertz CT molecular complexity index is 926. The van der Waals surface area contributed by atoms with Crippen LogP contribution in [0.25, 0.3) is 0 Å². The molecule has 1 N–H and O–H groups in total. The Morgan fingerprint density at radius 2 is 1.81 bits per heavy atom. The van der Waals surface area contributed by atoms with E-state index in [9.17, 15) is 22.8 Å². The van der Waals surface area contributed by atoms with Crippen molar-refractivity contribution in [3.05, 3.63) is 65.2 Å². The van der Waals surface area contributed by atoms with Gasteiger partial charge in [0.25, 0.3) is 11.8 Å². The highest BCUT2D eigenvalue weighted by atomic mass is 19.4. The lowest BCUT2D eigenvalue weighted by Crippen LogP contribution is -2.39. The number of ether oxygens (including phenoxy) is 1. The Morgan fingerprint density at radius 3 is 2.45 bits per heavy atom. The van der Waals surface area contributed by atoms with Crippen molar-refractivity contribution in [3.63, 3.8) is 0 Å². The molecular weight excluding hydrogens is 409 g/mol. The minimum Gasteiger partial charge on any atom is -0.491 e. The van der Waals surface area contributed by atoms with Gasteiger partial charge in [0.2, 0.25) is 0 Å². The number of nitrogens with one attached hydrogen (secondary N) is 1. The molecule has 1 aliphatic heterocycles. The summed E-state index contributed by atoms with van der Waals surface area (Å²) in [4.78, 5) is 26.3. The average molecular weight is 434 g/mol. The van der Waals surface area contributed by atoms with Crippen LogP contribution in [0.4, 0.5) is 13.2 Å². The average Bonchev–Trinajstić information content (AvgIpc) is 3.19. The lowest BCUT2D eigenvalue weighted by atomic mass is 10.1. The SMILES string of the molecule is CC(C)NC(=O)c1ccc(OC[C@@H]2CCCN2C(=O)c2ccccc2C(F)(F)F)cc1. The zero-order chi connectivity index (χ0) is 22.6. The summed E-state index contributed by atoms with van der Waals surface area (Å²) in [6, 6.07) is 11.2. The molecule has 2 aromatic carbocycles. The van der Waals surface area contributed by atoms with Crippen LogP contribution < -0.4 is 10.1 Å². The summed E-state index contributed by atoms with van der Waals surface area (Å²) in [7, 11) is 0. The minimum absolute atomic E-state index is 0.0248. The Kier molecular flexibility index (Phi) is 6.87. The number of rotatable bonds is 6. The summed E-state index contributed by atoms with van der Waals surface area (Å²) in [5, 5.41) is 2.80. The second-order valence-electron chi connectivity index (χ2n) is 7.80. The van der Waals surface area contributed by atoms with Gasteiger partial charge in [-0.2, -0.15) is 13.2 Å². The number of nitrogens with zero attached hydrogens (tertiary/aromatic N) is 1. The number of alkyl halides is 3. The summed E-state index contributed by atoms with van der Waals surface area (Å²) in [6.45, 7) is 4.29. The predicted molar refractivity (Wildman–Crippen MR) is 110 cm³/mol. The monoisotopic (exact) mass is 434 g/mol. The molecule has 1 atom stereocenters. The molecule has 1 fully saturated rings. The van der Waals surface area contributed by atoms with Crippen LogP contribution in [0.5, 0.6) is 5.75 Å². The molecule has 31 heavy (non-hydrogen) atoms. The van der Waals surface area contributed by atoms with Crippen LogP contribution in [0.3, 0.4) is 0 Å². The van der Waals surface area contributed by atoms with Crippen LogP contribution in [-0.2, 0) is 6.18 Å².